The predicted molar refractivity (Wildman–Crippen MR) is 70.6 cm³/mol. The lowest BCUT2D eigenvalue weighted by Gasteiger charge is -2.08. The quantitative estimate of drug-likeness (QED) is 0.898. The van der Waals surface area contributed by atoms with Gasteiger partial charge in [0.05, 0.1) is 12.1 Å². The molecule has 0 saturated carbocycles. The summed E-state index contributed by atoms with van der Waals surface area (Å²) in [7, 11) is 3.11. The second-order valence-electron chi connectivity index (χ2n) is 3.47. The molecule has 0 aliphatic carbocycles. The highest BCUT2D eigenvalue weighted by Crippen LogP contribution is 2.21. The Morgan fingerprint density at radius 1 is 1.21 bits per heavy atom. The number of aromatic nitrogens is 3. The van der Waals surface area contributed by atoms with Gasteiger partial charge in [0.25, 0.3) is 0 Å². The zero-order chi connectivity index (χ0) is 13.8. The summed E-state index contributed by atoms with van der Waals surface area (Å²) in [5, 5.41) is 5.66. The van der Waals surface area contributed by atoms with Crippen LogP contribution < -0.4 is 15.4 Å². The van der Waals surface area contributed by atoms with E-state index in [4.69, 9.17) is 16.3 Å². The lowest BCUT2D eigenvalue weighted by atomic mass is 10.3. The molecule has 2 N–H and O–H groups in total. The third-order valence-electron chi connectivity index (χ3n) is 2.20. The maximum absolute atomic E-state index is 13.3. The van der Waals surface area contributed by atoms with Crippen molar-refractivity contribution < 1.29 is 9.13 Å². The van der Waals surface area contributed by atoms with E-state index in [0.29, 0.717) is 11.6 Å². The average molecular weight is 284 g/mol. The van der Waals surface area contributed by atoms with Crippen molar-refractivity contribution in [1.29, 1.82) is 0 Å². The molecule has 0 radical (unpaired) electrons. The Bertz CT molecular complexity index is 573. The average Bonchev–Trinajstić information content (AvgIpc) is 2.42. The number of hydrogen-bond acceptors (Lipinski definition) is 6. The smallest absolute Gasteiger partial charge is 0.322 e. The minimum absolute atomic E-state index is 0.0506. The van der Waals surface area contributed by atoms with Crippen LogP contribution >= 0.6 is 11.6 Å². The molecule has 19 heavy (non-hydrogen) atoms. The minimum Gasteiger partial charge on any atom is -0.467 e. The van der Waals surface area contributed by atoms with Crippen molar-refractivity contribution in [2.45, 2.75) is 0 Å². The van der Waals surface area contributed by atoms with Gasteiger partial charge in [-0.25, -0.2) is 4.39 Å². The molecule has 2 rings (SSSR count). The van der Waals surface area contributed by atoms with Crippen LogP contribution in [0.4, 0.5) is 22.0 Å². The van der Waals surface area contributed by atoms with Crippen LogP contribution in [0.15, 0.2) is 18.2 Å². The summed E-state index contributed by atoms with van der Waals surface area (Å²) in [6.45, 7) is 0. The Hall–Kier alpha value is -2.15. The van der Waals surface area contributed by atoms with Crippen LogP contribution in [-0.4, -0.2) is 29.1 Å². The summed E-state index contributed by atoms with van der Waals surface area (Å²) in [5.74, 6) is 0.0447. The van der Waals surface area contributed by atoms with E-state index in [1.807, 2.05) is 0 Å². The third-order valence-corrected chi connectivity index (χ3v) is 2.50. The molecule has 8 heteroatoms. The molecular formula is C11H11ClFN5O. The van der Waals surface area contributed by atoms with Crippen LogP contribution in [0.25, 0.3) is 0 Å². The van der Waals surface area contributed by atoms with E-state index in [0.717, 1.165) is 0 Å². The van der Waals surface area contributed by atoms with Gasteiger partial charge in [-0.15, -0.1) is 0 Å². The minimum atomic E-state index is -0.526. The summed E-state index contributed by atoms with van der Waals surface area (Å²) in [6, 6.07) is 4.45. The summed E-state index contributed by atoms with van der Waals surface area (Å²) < 4.78 is 18.3. The van der Waals surface area contributed by atoms with Crippen molar-refractivity contribution in [2.24, 2.45) is 0 Å². The monoisotopic (exact) mass is 283 g/mol. The first kappa shape index (κ1) is 13.3. The predicted octanol–water partition coefficient (Wildman–Crippen LogP) is 2.46. The van der Waals surface area contributed by atoms with E-state index < -0.39 is 5.82 Å². The van der Waals surface area contributed by atoms with Crippen molar-refractivity contribution in [3.63, 3.8) is 0 Å². The molecule has 0 fully saturated rings. The molecule has 0 amide bonds. The molecule has 0 bridgehead atoms. The molecule has 0 aliphatic heterocycles. The van der Waals surface area contributed by atoms with E-state index in [2.05, 4.69) is 25.6 Å². The largest absolute Gasteiger partial charge is 0.467 e. The number of rotatable bonds is 4. The fraction of sp³-hybridized carbons (Fsp3) is 0.182. The number of nitrogens with one attached hydrogen (secondary N) is 2. The highest BCUT2D eigenvalue weighted by molar-refractivity contribution is 6.30. The molecular weight excluding hydrogens is 273 g/mol. The van der Waals surface area contributed by atoms with E-state index in [9.17, 15) is 4.39 Å². The maximum atomic E-state index is 13.3. The first-order valence-corrected chi connectivity index (χ1v) is 5.70. The van der Waals surface area contributed by atoms with Crippen LogP contribution in [-0.2, 0) is 0 Å². The summed E-state index contributed by atoms with van der Waals surface area (Å²) >= 11 is 5.60. The van der Waals surface area contributed by atoms with Crippen molar-refractivity contribution >= 4 is 29.2 Å². The summed E-state index contributed by atoms with van der Waals surface area (Å²) in [6.07, 6.45) is 0. The Morgan fingerprint density at radius 2 is 1.95 bits per heavy atom. The van der Waals surface area contributed by atoms with Crippen molar-refractivity contribution in [2.75, 3.05) is 24.8 Å². The number of benzene rings is 1. The van der Waals surface area contributed by atoms with E-state index in [1.165, 1.54) is 19.2 Å². The SMILES string of the molecule is CNc1nc(Nc2ccc(Cl)c(F)c2)nc(OC)n1. The Kier molecular flexibility index (Phi) is 3.96. The van der Waals surface area contributed by atoms with Crippen LogP contribution in [0.5, 0.6) is 6.01 Å². The molecule has 0 spiro atoms. The highest BCUT2D eigenvalue weighted by atomic mass is 35.5. The molecule has 1 aromatic carbocycles. The Morgan fingerprint density at radius 3 is 2.58 bits per heavy atom. The number of anilines is 3. The van der Waals surface area contributed by atoms with Gasteiger partial charge in [0.15, 0.2) is 0 Å². The van der Waals surface area contributed by atoms with Gasteiger partial charge in [0, 0.05) is 12.7 Å². The van der Waals surface area contributed by atoms with Crippen LogP contribution in [0.1, 0.15) is 0 Å². The van der Waals surface area contributed by atoms with Gasteiger partial charge in [0.1, 0.15) is 5.82 Å². The number of nitrogens with zero attached hydrogens (tertiary/aromatic N) is 3. The summed E-state index contributed by atoms with van der Waals surface area (Å²) in [5.41, 5.74) is 0.470. The first-order chi connectivity index (χ1) is 9.12. The molecule has 0 unspecified atom stereocenters. The van der Waals surface area contributed by atoms with Crippen molar-refractivity contribution in [1.82, 2.24) is 15.0 Å². The van der Waals surface area contributed by atoms with Crippen LogP contribution in [0.2, 0.25) is 5.02 Å². The third kappa shape index (κ3) is 3.19. The fourth-order valence-electron chi connectivity index (χ4n) is 1.32. The summed E-state index contributed by atoms with van der Waals surface area (Å²) in [4.78, 5) is 12.0. The second kappa shape index (κ2) is 5.66. The Balaban J connectivity index is 2.29. The topological polar surface area (TPSA) is 72.0 Å². The van der Waals surface area contributed by atoms with Gasteiger partial charge in [-0.3, -0.25) is 0 Å². The van der Waals surface area contributed by atoms with E-state index in [1.54, 1.807) is 13.1 Å². The zero-order valence-electron chi connectivity index (χ0n) is 10.2. The van der Waals surface area contributed by atoms with Gasteiger partial charge in [-0.05, 0) is 18.2 Å². The highest BCUT2D eigenvalue weighted by Gasteiger charge is 2.07. The molecule has 0 aliphatic rings. The molecule has 2 aromatic rings. The first-order valence-electron chi connectivity index (χ1n) is 5.32. The lowest BCUT2D eigenvalue weighted by molar-refractivity contribution is 0.379. The fourth-order valence-corrected chi connectivity index (χ4v) is 1.44. The van der Waals surface area contributed by atoms with Gasteiger partial charge in [0.2, 0.25) is 11.9 Å². The molecule has 1 heterocycles. The second-order valence-corrected chi connectivity index (χ2v) is 3.88. The van der Waals surface area contributed by atoms with Crippen molar-refractivity contribution in [3.8, 4) is 6.01 Å². The molecule has 6 nitrogen and oxygen atoms in total. The van der Waals surface area contributed by atoms with Gasteiger partial charge in [-0.2, -0.15) is 15.0 Å². The number of hydrogen-bond donors (Lipinski definition) is 2. The van der Waals surface area contributed by atoms with Crippen molar-refractivity contribution in [3.05, 3.63) is 29.0 Å². The molecule has 0 saturated heterocycles. The van der Waals surface area contributed by atoms with Gasteiger partial charge < -0.3 is 15.4 Å². The van der Waals surface area contributed by atoms with E-state index in [-0.39, 0.29) is 17.0 Å². The number of halogens is 2. The maximum Gasteiger partial charge on any atom is 0.322 e. The lowest BCUT2D eigenvalue weighted by Crippen LogP contribution is -2.05. The molecule has 100 valence electrons. The standard InChI is InChI=1S/C11H11ClFN5O/c1-14-9-16-10(18-11(17-9)19-2)15-6-3-4-7(12)8(13)5-6/h3-5H,1-2H3,(H2,14,15,16,17,18). The number of ether oxygens (including phenoxy) is 1. The van der Waals surface area contributed by atoms with Crippen LogP contribution in [0, 0.1) is 5.82 Å². The van der Waals surface area contributed by atoms with E-state index >= 15 is 0 Å². The van der Waals surface area contributed by atoms with Crippen LogP contribution in [0.3, 0.4) is 0 Å². The normalized spacial score (nSPS) is 10.1. The molecule has 1 aromatic heterocycles. The Labute approximate surface area is 114 Å². The zero-order valence-corrected chi connectivity index (χ0v) is 11.0. The van der Waals surface area contributed by atoms with Gasteiger partial charge in [-0.1, -0.05) is 11.6 Å². The number of methoxy groups -OCH3 is 1. The molecule has 0 atom stereocenters. The van der Waals surface area contributed by atoms with Gasteiger partial charge >= 0.3 is 6.01 Å².